The van der Waals surface area contributed by atoms with E-state index in [1.807, 2.05) is 12.2 Å². The zero-order chi connectivity index (χ0) is 15.2. The Morgan fingerprint density at radius 2 is 1.80 bits per heavy atom. The van der Waals surface area contributed by atoms with E-state index >= 15 is 0 Å². The molecule has 108 valence electrons. The first kappa shape index (κ1) is 19.7. The Labute approximate surface area is 141 Å². The van der Waals surface area contributed by atoms with Crippen LogP contribution < -0.4 is 0 Å². The van der Waals surface area contributed by atoms with Crippen molar-refractivity contribution in [2.45, 2.75) is 66.2 Å². The fourth-order valence-corrected chi connectivity index (χ4v) is 1.92. The van der Waals surface area contributed by atoms with Gasteiger partial charge in [-0.2, -0.15) is 17.2 Å². The molecule has 0 unspecified atom stereocenters. The summed E-state index contributed by atoms with van der Waals surface area (Å²) in [5.74, 6) is 0. The van der Waals surface area contributed by atoms with Gasteiger partial charge in [0.15, 0.2) is 0 Å². The van der Waals surface area contributed by atoms with Crippen LogP contribution in [0, 0.1) is 12.2 Å². The number of allylic oxidation sites excluding steroid dienone is 8. The largest absolute Gasteiger partial charge is 0.273 e. The Kier molecular flexibility index (Phi) is 13.5. The predicted molar refractivity (Wildman–Crippen MR) is 87.2 cm³/mol. The first-order chi connectivity index (χ1) is 9.61. The van der Waals surface area contributed by atoms with Crippen molar-refractivity contribution in [3.63, 3.8) is 0 Å². The van der Waals surface area contributed by atoms with Crippen LogP contribution in [0.25, 0.3) is 0 Å². The summed E-state index contributed by atoms with van der Waals surface area (Å²) in [7, 11) is 0. The molecule has 0 spiro atoms. The summed E-state index contributed by atoms with van der Waals surface area (Å²) in [6.45, 7) is 8.73. The van der Waals surface area contributed by atoms with E-state index in [-0.39, 0.29) is 0 Å². The molecule has 0 aliphatic heterocycles. The van der Waals surface area contributed by atoms with Crippen molar-refractivity contribution in [1.82, 2.24) is 0 Å². The summed E-state index contributed by atoms with van der Waals surface area (Å²) in [6.07, 6.45) is 21.7. The Hall–Kier alpha value is -0.287. The summed E-state index contributed by atoms with van der Waals surface area (Å²) in [5.41, 5.74) is 3.20. The van der Waals surface area contributed by atoms with Crippen LogP contribution in [-0.4, -0.2) is 3.21 Å². The summed E-state index contributed by atoms with van der Waals surface area (Å²) in [6, 6.07) is 0. The van der Waals surface area contributed by atoms with Crippen molar-refractivity contribution in [2.75, 3.05) is 0 Å². The minimum Gasteiger partial charge on any atom is -0.273 e. The van der Waals surface area contributed by atoms with Crippen LogP contribution >= 0.6 is 0 Å². The molecule has 0 nitrogen and oxygen atoms in total. The van der Waals surface area contributed by atoms with E-state index in [4.69, 9.17) is 0 Å². The molecule has 0 aromatic carbocycles. The van der Waals surface area contributed by atoms with E-state index in [1.54, 1.807) is 35.4 Å². The molecule has 0 heterocycles. The molecule has 0 aromatic rings. The van der Waals surface area contributed by atoms with Gasteiger partial charge < -0.3 is 0 Å². The molecule has 0 radical (unpaired) electrons. The Morgan fingerprint density at radius 1 is 1.15 bits per heavy atom. The summed E-state index contributed by atoms with van der Waals surface area (Å²) >= 11 is 1.55. The van der Waals surface area contributed by atoms with E-state index in [2.05, 4.69) is 52.0 Å². The van der Waals surface area contributed by atoms with E-state index in [9.17, 15) is 0 Å². The molecule has 20 heavy (non-hydrogen) atoms. The number of rotatable bonds is 4. The average Bonchev–Trinajstić information content (AvgIpc) is 3.04. The molecule has 0 atom stereocenters. The third kappa shape index (κ3) is 11.5. The molecule has 2 aliphatic rings. The van der Waals surface area contributed by atoms with Gasteiger partial charge in [-0.3, -0.25) is 12.2 Å². The Morgan fingerprint density at radius 3 is 2.20 bits per heavy atom. The molecule has 0 saturated carbocycles. The van der Waals surface area contributed by atoms with Crippen molar-refractivity contribution >= 4 is 3.21 Å². The van der Waals surface area contributed by atoms with Crippen molar-refractivity contribution in [1.29, 1.82) is 0 Å². The van der Waals surface area contributed by atoms with E-state index in [0.717, 1.165) is 12.8 Å². The molecule has 2 aliphatic carbocycles. The first-order valence-corrected chi connectivity index (χ1v) is 8.85. The van der Waals surface area contributed by atoms with Crippen molar-refractivity contribution < 1.29 is 24.2 Å². The number of hydrogen-bond donors (Lipinski definition) is 0. The van der Waals surface area contributed by atoms with Crippen molar-refractivity contribution in [3.8, 4) is 0 Å². The van der Waals surface area contributed by atoms with Gasteiger partial charge in [-0.15, -0.1) is 12.8 Å². The van der Waals surface area contributed by atoms with Crippen molar-refractivity contribution in [2.24, 2.45) is 0 Å². The summed E-state index contributed by atoms with van der Waals surface area (Å²) in [4.78, 5) is 0. The monoisotopic (exact) mass is 346 g/mol. The third-order valence-corrected chi connectivity index (χ3v) is 2.70. The molecule has 0 amide bonds. The maximum Gasteiger partial charge on any atom is -0.109 e. The van der Waals surface area contributed by atoms with Gasteiger partial charge in [0.1, 0.15) is 0 Å². The topological polar surface area (TPSA) is 0 Å². The van der Waals surface area contributed by atoms with Gasteiger partial charge >= 0.3 is 41.3 Å². The minimum atomic E-state index is 1.01. The number of hydrogen-bond acceptors (Lipinski definition) is 0. The molecule has 0 N–H and O–H groups in total. The van der Waals surface area contributed by atoms with Crippen molar-refractivity contribution in [3.05, 3.63) is 47.6 Å². The SMILES string of the molecule is CCCC1=C(CCC)C[C-]=C1.C[C](C)=[Zr+2].[C-]1=CC=CC1. The molecule has 0 aromatic heterocycles. The zero-order valence-corrected chi connectivity index (χ0v) is 16.0. The summed E-state index contributed by atoms with van der Waals surface area (Å²) < 4.78 is 1.51. The van der Waals surface area contributed by atoms with Crippen LogP contribution in [0.5, 0.6) is 0 Å². The average molecular weight is 348 g/mol. The smallest absolute Gasteiger partial charge is 0.109 e. The fraction of sp³-hybridized carbons (Fsp3) is 0.526. The molecule has 1 heteroatoms. The molecular weight excluding hydrogens is 319 g/mol. The summed E-state index contributed by atoms with van der Waals surface area (Å²) in [5, 5.41) is 0. The van der Waals surface area contributed by atoms with E-state index in [0.29, 0.717) is 0 Å². The molecule has 0 saturated heterocycles. The molecule has 0 bridgehead atoms. The second-order valence-electron chi connectivity index (χ2n) is 5.16. The second kappa shape index (κ2) is 13.7. The maximum absolute atomic E-state index is 3.29. The van der Waals surface area contributed by atoms with Crippen LogP contribution in [0.4, 0.5) is 0 Å². The van der Waals surface area contributed by atoms with E-state index < -0.39 is 0 Å². The maximum atomic E-state index is 3.29. The van der Waals surface area contributed by atoms with Crippen LogP contribution in [0.3, 0.4) is 0 Å². The van der Waals surface area contributed by atoms with Crippen LogP contribution in [0.2, 0.25) is 0 Å². The molecule has 2 rings (SSSR count). The normalized spacial score (nSPS) is 14.9. The minimum absolute atomic E-state index is 1.01. The Bertz CT molecular complexity index is 367. The molecular formula is C19H28Zr. The third-order valence-electron chi connectivity index (χ3n) is 2.70. The van der Waals surface area contributed by atoms with Gasteiger partial charge in [0.25, 0.3) is 0 Å². The predicted octanol–water partition coefficient (Wildman–Crippen LogP) is 5.70. The standard InChI is InChI=1S/C11H17.C5H5.C3H6.Zr/c1-3-6-10-8-5-9-11(10)7-4-2;1-2-4-5-3-1;1-3-2;/h8H,3-4,6-7,9H2,1-2H3;1-3H,4H2;1-2H3;/q2*-1;;+2. The fourth-order valence-electron chi connectivity index (χ4n) is 1.92. The first-order valence-electron chi connectivity index (χ1n) is 7.62. The van der Waals surface area contributed by atoms with Gasteiger partial charge in [-0.1, -0.05) is 33.1 Å². The second-order valence-corrected chi connectivity index (χ2v) is 7.62. The van der Waals surface area contributed by atoms with Gasteiger partial charge in [-0.05, 0) is 6.42 Å². The quantitative estimate of drug-likeness (QED) is 0.572. The zero-order valence-electron chi connectivity index (χ0n) is 13.6. The van der Waals surface area contributed by atoms with Gasteiger partial charge in [0, 0.05) is 0 Å². The molecule has 0 fully saturated rings. The van der Waals surface area contributed by atoms with E-state index in [1.165, 1.54) is 28.9 Å². The van der Waals surface area contributed by atoms with Gasteiger partial charge in [0.2, 0.25) is 0 Å². The van der Waals surface area contributed by atoms with Crippen LogP contribution in [-0.2, 0) is 24.2 Å². The van der Waals surface area contributed by atoms with Gasteiger partial charge in [0.05, 0.1) is 0 Å². The van der Waals surface area contributed by atoms with Crippen LogP contribution in [0.1, 0.15) is 66.2 Å². The van der Waals surface area contributed by atoms with Crippen LogP contribution in [0.15, 0.2) is 35.5 Å². The van der Waals surface area contributed by atoms with Gasteiger partial charge in [-0.25, -0.2) is 18.2 Å². The Balaban J connectivity index is 0.000000331.